The Hall–Kier alpha value is -2.26. The molecule has 35 heavy (non-hydrogen) atoms. The van der Waals surface area contributed by atoms with Crippen molar-refractivity contribution in [2.24, 2.45) is 0 Å². The summed E-state index contributed by atoms with van der Waals surface area (Å²) in [6.45, 7) is 0. The maximum Gasteiger partial charge on any atom is 0.00507 e. The summed E-state index contributed by atoms with van der Waals surface area (Å²) in [5, 5.41) is 0. The highest BCUT2D eigenvalue weighted by Crippen LogP contribution is 2.80. The van der Waals surface area contributed by atoms with Crippen molar-refractivity contribution in [2.45, 2.75) is 48.3 Å². The van der Waals surface area contributed by atoms with E-state index in [1.165, 1.54) is 31.6 Å². The fourth-order valence-electron chi connectivity index (χ4n) is 6.45. The van der Waals surface area contributed by atoms with Gasteiger partial charge in [-0.2, -0.15) is 0 Å². The van der Waals surface area contributed by atoms with Crippen LogP contribution in [0.5, 0.6) is 0 Å². The number of rotatable bonds is 6. The van der Waals surface area contributed by atoms with Crippen molar-refractivity contribution in [1.29, 1.82) is 0 Å². The number of hydrogen-bond donors (Lipinski definition) is 0. The molecule has 0 radical (unpaired) electrons. The third-order valence-corrected chi connectivity index (χ3v) is 16.1. The summed E-state index contributed by atoms with van der Waals surface area (Å²) < 4.78 is 0. The molecule has 2 aliphatic heterocycles. The Bertz CT molecular complexity index is 1000. The Kier molecular flexibility index (Phi) is 7.13. The highest BCUT2D eigenvalue weighted by atomic mass is 31.2. The first-order valence-corrected chi connectivity index (χ1v) is 16.4. The van der Waals surface area contributed by atoms with Gasteiger partial charge in [0.15, 0.2) is 0 Å². The lowest BCUT2D eigenvalue weighted by molar-refractivity contribution is 0.765. The van der Waals surface area contributed by atoms with Gasteiger partial charge >= 0.3 is 0 Å². The first-order chi connectivity index (χ1) is 17.4. The molecular formula is C33H34P2. The monoisotopic (exact) mass is 492 g/mol. The Morgan fingerprint density at radius 3 is 0.829 bits per heavy atom. The van der Waals surface area contributed by atoms with Crippen molar-refractivity contribution >= 4 is 15.8 Å². The molecule has 0 aliphatic carbocycles. The average Bonchev–Trinajstić information content (AvgIpc) is 3.55. The van der Waals surface area contributed by atoms with Gasteiger partial charge in [0.25, 0.3) is 0 Å². The van der Waals surface area contributed by atoms with Gasteiger partial charge in [-0.1, -0.05) is 137 Å². The van der Waals surface area contributed by atoms with E-state index in [4.69, 9.17) is 0 Å². The van der Waals surface area contributed by atoms with Gasteiger partial charge in [-0.05, 0) is 53.8 Å². The fourth-order valence-corrected chi connectivity index (χ4v) is 16.1. The van der Waals surface area contributed by atoms with E-state index >= 15 is 0 Å². The molecule has 2 heterocycles. The smallest absolute Gasteiger partial charge is 0.00507 e. The zero-order valence-corrected chi connectivity index (χ0v) is 22.1. The largest absolute Gasteiger partial charge is 0.0869 e. The van der Waals surface area contributed by atoms with E-state index in [2.05, 4.69) is 121 Å². The Morgan fingerprint density at radius 2 is 0.600 bits per heavy atom. The molecular weight excluding hydrogens is 458 g/mol. The average molecular weight is 493 g/mol. The minimum Gasteiger partial charge on any atom is -0.0869 e. The molecule has 0 aromatic heterocycles. The van der Waals surface area contributed by atoms with Crippen LogP contribution in [0.2, 0.25) is 0 Å². The van der Waals surface area contributed by atoms with E-state index in [1.54, 1.807) is 22.3 Å². The third-order valence-electron chi connectivity index (χ3n) is 8.09. The van der Waals surface area contributed by atoms with E-state index in [0.29, 0.717) is 0 Å². The topological polar surface area (TPSA) is 0 Å². The van der Waals surface area contributed by atoms with Gasteiger partial charge < -0.3 is 0 Å². The van der Waals surface area contributed by atoms with Crippen LogP contribution in [0.1, 0.15) is 70.6 Å². The first kappa shape index (κ1) is 23.2. The minimum absolute atomic E-state index is 0.141. The van der Waals surface area contributed by atoms with Crippen LogP contribution >= 0.6 is 15.8 Å². The van der Waals surface area contributed by atoms with Crippen LogP contribution in [-0.4, -0.2) is 5.90 Å². The molecule has 4 atom stereocenters. The molecule has 2 saturated heterocycles. The molecule has 0 saturated carbocycles. The summed E-state index contributed by atoms with van der Waals surface area (Å²) in [5.41, 5.74) is 9.24. The molecule has 6 rings (SSSR count). The molecule has 0 nitrogen and oxygen atoms in total. The standard InChI is InChI=1S/C33H34P2/c1-5-13-26(14-6-1)30-21-22-31(27-15-7-2-8-16-27)34(30)25-35-32(28-17-9-3-10-18-28)23-24-33(35)29-19-11-4-12-20-29/h1-20,30-33H,21-25H2/t30-,31-,32-,33-/m1/s1. The predicted octanol–water partition coefficient (Wildman–Crippen LogP) is 10.5. The maximum atomic E-state index is 2.40. The minimum atomic E-state index is -0.141. The van der Waals surface area contributed by atoms with Gasteiger partial charge in [0.2, 0.25) is 0 Å². The normalized spacial score (nSPS) is 25.1. The van der Waals surface area contributed by atoms with Crippen LogP contribution in [-0.2, 0) is 0 Å². The van der Waals surface area contributed by atoms with Crippen molar-refractivity contribution < 1.29 is 0 Å². The number of benzene rings is 4. The van der Waals surface area contributed by atoms with Crippen molar-refractivity contribution in [1.82, 2.24) is 0 Å². The molecule has 2 aliphatic rings. The van der Waals surface area contributed by atoms with Gasteiger partial charge in [0.05, 0.1) is 0 Å². The van der Waals surface area contributed by atoms with Crippen LogP contribution in [0.3, 0.4) is 0 Å². The van der Waals surface area contributed by atoms with Crippen molar-refractivity contribution in [3.63, 3.8) is 0 Å². The number of hydrogen-bond acceptors (Lipinski definition) is 0. The van der Waals surface area contributed by atoms with E-state index < -0.39 is 0 Å². The molecule has 4 aromatic carbocycles. The maximum absolute atomic E-state index is 2.40. The first-order valence-electron chi connectivity index (χ1n) is 13.1. The van der Waals surface area contributed by atoms with Crippen LogP contribution in [0, 0.1) is 0 Å². The second kappa shape index (κ2) is 10.8. The van der Waals surface area contributed by atoms with E-state index in [-0.39, 0.29) is 15.8 Å². The van der Waals surface area contributed by atoms with Crippen LogP contribution in [0.15, 0.2) is 121 Å². The molecule has 0 N–H and O–H groups in total. The van der Waals surface area contributed by atoms with Crippen molar-refractivity contribution in [3.8, 4) is 0 Å². The predicted molar refractivity (Wildman–Crippen MR) is 154 cm³/mol. The lowest BCUT2D eigenvalue weighted by Crippen LogP contribution is -2.02. The highest BCUT2D eigenvalue weighted by molar-refractivity contribution is 7.75. The second-order valence-electron chi connectivity index (χ2n) is 10.0. The van der Waals surface area contributed by atoms with Crippen LogP contribution in [0.4, 0.5) is 0 Å². The quantitative estimate of drug-likeness (QED) is 0.235. The summed E-state index contributed by atoms with van der Waals surface area (Å²) in [4.78, 5) is 0. The molecule has 4 aromatic rings. The Labute approximate surface area is 213 Å². The Balaban J connectivity index is 1.39. The van der Waals surface area contributed by atoms with Gasteiger partial charge in [-0.25, -0.2) is 0 Å². The molecule has 0 amide bonds. The molecule has 0 spiro atoms. The van der Waals surface area contributed by atoms with Crippen molar-refractivity contribution in [2.75, 3.05) is 5.90 Å². The van der Waals surface area contributed by atoms with Gasteiger partial charge in [0.1, 0.15) is 0 Å². The molecule has 176 valence electrons. The molecule has 2 heteroatoms. The summed E-state index contributed by atoms with van der Waals surface area (Å²) in [7, 11) is -0.281. The lowest BCUT2D eigenvalue weighted by Gasteiger charge is -2.35. The third kappa shape index (κ3) is 4.89. The van der Waals surface area contributed by atoms with E-state index in [1.807, 2.05) is 0 Å². The summed E-state index contributed by atoms with van der Waals surface area (Å²) in [6, 6.07) is 45.9. The van der Waals surface area contributed by atoms with Gasteiger partial charge in [0, 0.05) is 22.6 Å². The SMILES string of the molecule is c1ccc([C@H]2CC[C@H](c3ccccc3)P2CP2[C@@H](c3ccccc3)CC[C@@H]2c2ccccc2)cc1. The van der Waals surface area contributed by atoms with Gasteiger partial charge in [-0.3, -0.25) is 0 Å². The fraction of sp³-hybridized carbons (Fsp3) is 0.273. The van der Waals surface area contributed by atoms with E-state index in [9.17, 15) is 0 Å². The van der Waals surface area contributed by atoms with Crippen molar-refractivity contribution in [3.05, 3.63) is 144 Å². The molecule has 2 fully saturated rings. The molecule has 0 bridgehead atoms. The molecule has 0 unspecified atom stereocenters. The van der Waals surface area contributed by atoms with E-state index in [0.717, 1.165) is 22.6 Å². The summed E-state index contributed by atoms with van der Waals surface area (Å²) in [5.74, 6) is 1.43. The second-order valence-corrected chi connectivity index (χ2v) is 15.7. The van der Waals surface area contributed by atoms with Crippen LogP contribution < -0.4 is 0 Å². The summed E-state index contributed by atoms with van der Waals surface area (Å²) >= 11 is 0. The zero-order valence-electron chi connectivity index (χ0n) is 20.3. The van der Waals surface area contributed by atoms with Crippen LogP contribution in [0.25, 0.3) is 0 Å². The summed E-state index contributed by atoms with van der Waals surface area (Å²) in [6.07, 6.45) is 5.35. The Morgan fingerprint density at radius 1 is 0.371 bits per heavy atom. The highest BCUT2D eigenvalue weighted by Gasteiger charge is 2.44. The van der Waals surface area contributed by atoms with Gasteiger partial charge in [-0.15, -0.1) is 0 Å². The zero-order chi connectivity index (χ0) is 23.5. The lowest BCUT2D eigenvalue weighted by atomic mass is 10.0.